The van der Waals surface area contributed by atoms with Crippen LogP contribution < -0.4 is 5.32 Å². The highest BCUT2D eigenvalue weighted by Crippen LogP contribution is 2.11. The predicted molar refractivity (Wildman–Crippen MR) is 71.9 cm³/mol. The van der Waals surface area contributed by atoms with E-state index >= 15 is 0 Å². The number of nitrogens with zero attached hydrogens (tertiary/aromatic N) is 5. The quantitative estimate of drug-likeness (QED) is 0.763. The lowest BCUT2D eigenvalue weighted by molar-refractivity contribution is 0.981. The second-order valence-corrected chi connectivity index (χ2v) is 4.25. The average molecular weight is 254 g/mol. The summed E-state index contributed by atoms with van der Waals surface area (Å²) in [6, 6.07) is 4.00. The Morgan fingerprint density at radius 2 is 2.21 bits per heavy atom. The molecular weight excluding hydrogens is 240 g/mol. The minimum atomic E-state index is 0.756. The monoisotopic (exact) mass is 254 g/mol. The number of hydrogen-bond acceptors (Lipinski definition) is 5. The van der Waals surface area contributed by atoms with Crippen LogP contribution in [0.2, 0.25) is 0 Å². The molecule has 3 heterocycles. The number of fused-ring (bicyclic) bond motifs is 1. The molecule has 0 aliphatic carbocycles. The van der Waals surface area contributed by atoms with Crippen LogP contribution in [0.5, 0.6) is 0 Å². The standard InChI is InChI=1S/C13H14N6/c1-10-17-18-13-12(16-7-8-19(10)13)15-6-4-11-3-2-5-14-9-11/h2-3,5,7-9H,4,6H2,1H3,(H,15,16). The third-order valence-electron chi connectivity index (χ3n) is 2.93. The van der Waals surface area contributed by atoms with Crippen LogP contribution in [0, 0.1) is 6.92 Å². The Morgan fingerprint density at radius 3 is 3.05 bits per heavy atom. The van der Waals surface area contributed by atoms with E-state index < -0.39 is 0 Å². The zero-order chi connectivity index (χ0) is 13.1. The lowest BCUT2D eigenvalue weighted by Gasteiger charge is -2.06. The summed E-state index contributed by atoms with van der Waals surface area (Å²) in [5, 5.41) is 11.5. The number of anilines is 1. The van der Waals surface area contributed by atoms with Crippen molar-refractivity contribution < 1.29 is 0 Å². The maximum Gasteiger partial charge on any atom is 0.203 e. The van der Waals surface area contributed by atoms with Gasteiger partial charge in [0.25, 0.3) is 0 Å². The van der Waals surface area contributed by atoms with Crippen LogP contribution in [0.15, 0.2) is 36.9 Å². The van der Waals surface area contributed by atoms with Crippen molar-refractivity contribution in [2.24, 2.45) is 0 Å². The average Bonchev–Trinajstić information content (AvgIpc) is 2.83. The predicted octanol–water partition coefficient (Wildman–Crippen LogP) is 1.48. The maximum absolute atomic E-state index is 4.30. The van der Waals surface area contributed by atoms with Crippen LogP contribution in [0.25, 0.3) is 5.65 Å². The Labute approximate surface area is 110 Å². The minimum absolute atomic E-state index is 0.756. The summed E-state index contributed by atoms with van der Waals surface area (Å²) in [5.41, 5.74) is 1.95. The molecule has 0 aliphatic rings. The van der Waals surface area contributed by atoms with Crippen molar-refractivity contribution in [2.75, 3.05) is 11.9 Å². The number of aromatic nitrogens is 5. The van der Waals surface area contributed by atoms with Gasteiger partial charge in [-0.1, -0.05) is 6.07 Å². The molecule has 0 spiro atoms. The van der Waals surface area contributed by atoms with Gasteiger partial charge in [0.2, 0.25) is 5.65 Å². The van der Waals surface area contributed by atoms with E-state index in [1.807, 2.05) is 29.8 Å². The Kier molecular flexibility index (Phi) is 3.06. The van der Waals surface area contributed by atoms with Gasteiger partial charge < -0.3 is 5.32 Å². The summed E-state index contributed by atoms with van der Waals surface area (Å²) in [4.78, 5) is 8.40. The van der Waals surface area contributed by atoms with Gasteiger partial charge in [0.1, 0.15) is 5.82 Å². The van der Waals surface area contributed by atoms with Crippen LogP contribution in [0.3, 0.4) is 0 Å². The van der Waals surface area contributed by atoms with Crippen molar-refractivity contribution in [3.63, 3.8) is 0 Å². The SMILES string of the molecule is Cc1nnc2c(NCCc3cccnc3)nccn12. The van der Waals surface area contributed by atoms with E-state index in [2.05, 4.69) is 31.5 Å². The highest BCUT2D eigenvalue weighted by molar-refractivity contribution is 5.61. The zero-order valence-corrected chi connectivity index (χ0v) is 10.6. The van der Waals surface area contributed by atoms with E-state index in [0.717, 1.165) is 30.3 Å². The van der Waals surface area contributed by atoms with Gasteiger partial charge >= 0.3 is 0 Å². The molecule has 0 aromatic carbocycles. The Hall–Kier alpha value is -2.50. The van der Waals surface area contributed by atoms with Gasteiger partial charge in [0, 0.05) is 31.3 Å². The number of hydrogen-bond donors (Lipinski definition) is 1. The maximum atomic E-state index is 4.30. The Morgan fingerprint density at radius 1 is 1.26 bits per heavy atom. The van der Waals surface area contributed by atoms with Crippen molar-refractivity contribution in [1.82, 2.24) is 24.6 Å². The van der Waals surface area contributed by atoms with E-state index in [0.29, 0.717) is 0 Å². The van der Waals surface area contributed by atoms with Gasteiger partial charge in [-0.3, -0.25) is 9.38 Å². The molecular formula is C13H14N6. The lowest BCUT2D eigenvalue weighted by atomic mass is 10.2. The van der Waals surface area contributed by atoms with E-state index in [4.69, 9.17) is 0 Å². The summed E-state index contributed by atoms with van der Waals surface area (Å²) < 4.78 is 1.92. The molecule has 0 unspecified atom stereocenters. The molecule has 6 heteroatoms. The third-order valence-corrected chi connectivity index (χ3v) is 2.93. The summed E-state index contributed by atoms with van der Waals surface area (Å²) in [6.45, 7) is 2.70. The number of rotatable bonds is 4. The fraction of sp³-hybridized carbons (Fsp3) is 0.231. The van der Waals surface area contributed by atoms with Gasteiger partial charge in [0.05, 0.1) is 0 Å². The van der Waals surface area contributed by atoms with Crippen LogP contribution in [0.4, 0.5) is 5.82 Å². The second-order valence-electron chi connectivity index (χ2n) is 4.25. The second kappa shape index (κ2) is 5.01. The van der Waals surface area contributed by atoms with Crippen molar-refractivity contribution in [3.05, 3.63) is 48.3 Å². The van der Waals surface area contributed by atoms with Crippen molar-refractivity contribution in [1.29, 1.82) is 0 Å². The number of nitrogens with one attached hydrogen (secondary N) is 1. The van der Waals surface area contributed by atoms with Crippen molar-refractivity contribution in [3.8, 4) is 0 Å². The first-order chi connectivity index (χ1) is 9.34. The number of aryl methyl sites for hydroxylation is 1. The normalized spacial score (nSPS) is 10.8. The molecule has 0 radical (unpaired) electrons. The molecule has 3 aromatic rings. The number of pyridine rings is 1. The zero-order valence-electron chi connectivity index (χ0n) is 10.6. The van der Waals surface area contributed by atoms with Crippen molar-refractivity contribution >= 4 is 11.5 Å². The van der Waals surface area contributed by atoms with E-state index in [1.165, 1.54) is 5.56 Å². The first-order valence-electron chi connectivity index (χ1n) is 6.14. The molecule has 0 atom stereocenters. The summed E-state index contributed by atoms with van der Waals surface area (Å²) in [6.07, 6.45) is 8.14. The van der Waals surface area contributed by atoms with Crippen LogP contribution in [0.1, 0.15) is 11.4 Å². The van der Waals surface area contributed by atoms with E-state index in [-0.39, 0.29) is 0 Å². The first kappa shape index (κ1) is 11.6. The Bertz CT molecular complexity index is 676. The van der Waals surface area contributed by atoms with Crippen molar-refractivity contribution in [2.45, 2.75) is 13.3 Å². The molecule has 19 heavy (non-hydrogen) atoms. The van der Waals surface area contributed by atoms with E-state index in [1.54, 1.807) is 12.4 Å². The summed E-state index contributed by atoms with van der Waals surface area (Å²) in [5.74, 6) is 1.61. The topological polar surface area (TPSA) is 68.0 Å². The van der Waals surface area contributed by atoms with Gasteiger partial charge in [-0.25, -0.2) is 4.98 Å². The molecule has 3 rings (SSSR count). The van der Waals surface area contributed by atoms with E-state index in [9.17, 15) is 0 Å². The highest BCUT2D eigenvalue weighted by Gasteiger charge is 2.06. The van der Waals surface area contributed by atoms with Gasteiger partial charge in [0.15, 0.2) is 5.82 Å². The smallest absolute Gasteiger partial charge is 0.203 e. The Balaban J connectivity index is 1.72. The largest absolute Gasteiger partial charge is 0.367 e. The molecule has 0 bridgehead atoms. The molecule has 0 saturated carbocycles. The molecule has 0 saturated heterocycles. The summed E-state index contributed by atoms with van der Waals surface area (Å²) >= 11 is 0. The molecule has 3 aromatic heterocycles. The van der Waals surface area contributed by atoms with Crippen LogP contribution >= 0.6 is 0 Å². The van der Waals surface area contributed by atoms with Gasteiger partial charge in [-0.15, -0.1) is 10.2 Å². The molecule has 96 valence electrons. The molecule has 0 aliphatic heterocycles. The minimum Gasteiger partial charge on any atom is -0.367 e. The fourth-order valence-electron chi connectivity index (χ4n) is 1.94. The van der Waals surface area contributed by atoms with Gasteiger partial charge in [-0.05, 0) is 25.0 Å². The highest BCUT2D eigenvalue weighted by atomic mass is 15.3. The lowest BCUT2D eigenvalue weighted by Crippen LogP contribution is -2.08. The first-order valence-corrected chi connectivity index (χ1v) is 6.14. The fourth-order valence-corrected chi connectivity index (χ4v) is 1.94. The van der Waals surface area contributed by atoms with Crippen LogP contribution in [-0.4, -0.2) is 31.1 Å². The van der Waals surface area contributed by atoms with Crippen LogP contribution in [-0.2, 0) is 6.42 Å². The molecule has 1 N–H and O–H groups in total. The summed E-state index contributed by atoms with van der Waals surface area (Å²) in [7, 11) is 0. The molecule has 0 amide bonds. The molecule has 6 nitrogen and oxygen atoms in total. The molecule has 0 fully saturated rings. The third kappa shape index (κ3) is 2.37. The van der Waals surface area contributed by atoms with Gasteiger partial charge in [-0.2, -0.15) is 0 Å².